The van der Waals surface area contributed by atoms with E-state index in [-0.39, 0.29) is 19.6 Å². The summed E-state index contributed by atoms with van der Waals surface area (Å²) in [6.07, 6.45) is -0.366. The van der Waals surface area contributed by atoms with Gasteiger partial charge in [0.25, 0.3) is 0 Å². The normalized spacial score (nSPS) is 22.9. The molecule has 0 aliphatic heterocycles. The molecule has 0 amide bonds. The molecule has 0 saturated heterocycles. The lowest BCUT2D eigenvalue weighted by Gasteiger charge is -2.43. The average molecular weight is 516 g/mol. The highest BCUT2D eigenvalue weighted by Gasteiger charge is 2.57. The number of hydrogen-bond donors (Lipinski definition) is 1. The Morgan fingerprint density at radius 3 is 1.84 bits per heavy atom. The van der Waals surface area contributed by atoms with Crippen molar-refractivity contribution in [2.75, 3.05) is 19.0 Å². The summed E-state index contributed by atoms with van der Waals surface area (Å²) in [6, 6.07) is 25.6. The molecule has 7 heteroatoms. The summed E-state index contributed by atoms with van der Waals surface area (Å²) < 4.78 is 11.2. The van der Waals surface area contributed by atoms with Crippen molar-refractivity contribution in [3.63, 3.8) is 0 Å². The van der Waals surface area contributed by atoms with Gasteiger partial charge in [-0.05, 0) is 35.7 Å². The lowest BCUT2D eigenvalue weighted by Crippen LogP contribution is -2.55. The fourth-order valence-electron chi connectivity index (χ4n) is 5.05. The molecule has 0 spiro atoms. The molecule has 0 unspecified atom stereocenters. The highest BCUT2D eigenvalue weighted by Crippen LogP contribution is 2.47. The van der Waals surface area contributed by atoms with E-state index in [4.69, 9.17) is 9.47 Å². The summed E-state index contributed by atoms with van der Waals surface area (Å²) in [4.78, 5) is 42.2. The molecule has 3 aromatic rings. The van der Waals surface area contributed by atoms with E-state index < -0.39 is 41.1 Å². The molecule has 4 atom stereocenters. The SMILES string of the molecule is CN(C)c1ccc([C@@H]2[C@H](C(=O)OCc3ccccc3)C(=O)C[C@](C)(O)[C@H]2C(=O)OCc2ccccc2)cc1. The third-order valence-electron chi connectivity index (χ3n) is 7.02. The van der Waals surface area contributed by atoms with Gasteiger partial charge < -0.3 is 19.5 Å². The van der Waals surface area contributed by atoms with E-state index in [1.807, 2.05) is 91.8 Å². The Bertz CT molecular complexity index is 1250. The van der Waals surface area contributed by atoms with Crippen molar-refractivity contribution < 1.29 is 29.0 Å². The van der Waals surface area contributed by atoms with Crippen LogP contribution in [0.15, 0.2) is 84.9 Å². The van der Waals surface area contributed by atoms with Crippen molar-refractivity contribution in [2.24, 2.45) is 11.8 Å². The van der Waals surface area contributed by atoms with Crippen molar-refractivity contribution in [2.45, 2.75) is 38.1 Å². The van der Waals surface area contributed by atoms with Gasteiger partial charge >= 0.3 is 11.9 Å². The third kappa shape index (κ3) is 6.11. The molecule has 198 valence electrons. The van der Waals surface area contributed by atoms with Gasteiger partial charge in [0.15, 0.2) is 5.78 Å². The number of nitrogens with zero attached hydrogens (tertiary/aromatic N) is 1. The summed E-state index contributed by atoms with van der Waals surface area (Å²) in [7, 11) is 3.80. The summed E-state index contributed by atoms with van der Waals surface area (Å²) in [5, 5.41) is 11.4. The van der Waals surface area contributed by atoms with Gasteiger partial charge in [0.2, 0.25) is 0 Å². The van der Waals surface area contributed by atoms with Crippen molar-refractivity contribution in [1.29, 1.82) is 0 Å². The first-order chi connectivity index (χ1) is 18.2. The van der Waals surface area contributed by atoms with Gasteiger partial charge in [0.1, 0.15) is 19.1 Å². The average Bonchev–Trinajstić information content (AvgIpc) is 2.90. The van der Waals surface area contributed by atoms with Crippen LogP contribution >= 0.6 is 0 Å². The molecule has 1 N–H and O–H groups in total. The molecule has 38 heavy (non-hydrogen) atoms. The minimum absolute atomic E-state index is 0.00471. The number of ketones is 1. The number of Topliss-reactive ketones (excluding diaryl/α,β-unsaturated/α-hetero) is 1. The molecule has 3 aromatic carbocycles. The van der Waals surface area contributed by atoms with Gasteiger partial charge in [0, 0.05) is 32.1 Å². The minimum Gasteiger partial charge on any atom is -0.461 e. The second-order valence-corrected chi connectivity index (χ2v) is 10.2. The van der Waals surface area contributed by atoms with Gasteiger partial charge in [-0.15, -0.1) is 0 Å². The largest absolute Gasteiger partial charge is 0.461 e. The van der Waals surface area contributed by atoms with Crippen LogP contribution in [0.1, 0.15) is 36.0 Å². The Hall–Kier alpha value is -3.97. The number of rotatable bonds is 8. The van der Waals surface area contributed by atoms with E-state index >= 15 is 0 Å². The number of esters is 2. The number of carbonyl (C=O) groups excluding carboxylic acids is 3. The number of carbonyl (C=O) groups is 3. The standard InChI is InChI=1S/C31H33NO6/c1-31(36)18-25(33)27(29(34)37-19-21-10-6-4-7-11-21)26(23-14-16-24(17-15-23)32(2)3)28(31)30(35)38-20-22-12-8-5-9-13-22/h4-17,26-28,36H,18-20H2,1-3H3/t26-,27-,28-,31+/m1/s1. The monoisotopic (exact) mass is 515 g/mol. The van der Waals surface area contributed by atoms with E-state index in [9.17, 15) is 19.5 Å². The molecular weight excluding hydrogens is 482 g/mol. The third-order valence-corrected chi connectivity index (χ3v) is 7.02. The van der Waals surface area contributed by atoms with Crippen LogP contribution in [0.25, 0.3) is 0 Å². The predicted octanol–water partition coefficient (Wildman–Crippen LogP) is 4.28. The topological polar surface area (TPSA) is 93.1 Å². The van der Waals surface area contributed by atoms with Crippen molar-refractivity contribution in [3.05, 3.63) is 102 Å². The van der Waals surface area contributed by atoms with E-state index in [2.05, 4.69) is 0 Å². The maximum atomic E-state index is 13.5. The zero-order valence-electron chi connectivity index (χ0n) is 21.9. The van der Waals surface area contributed by atoms with E-state index in [1.165, 1.54) is 6.92 Å². The van der Waals surface area contributed by atoms with E-state index in [1.54, 1.807) is 12.1 Å². The van der Waals surface area contributed by atoms with Crippen LogP contribution in [0.4, 0.5) is 5.69 Å². The highest BCUT2D eigenvalue weighted by atomic mass is 16.5. The molecule has 1 aliphatic carbocycles. The quantitative estimate of drug-likeness (QED) is 0.354. The first-order valence-corrected chi connectivity index (χ1v) is 12.6. The number of hydrogen-bond acceptors (Lipinski definition) is 7. The summed E-state index contributed by atoms with van der Waals surface area (Å²) >= 11 is 0. The fraction of sp³-hybridized carbons (Fsp3) is 0.323. The van der Waals surface area contributed by atoms with Crippen LogP contribution in [0.5, 0.6) is 0 Å². The number of aliphatic hydroxyl groups is 1. The zero-order valence-corrected chi connectivity index (χ0v) is 21.9. The van der Waals surface area contributed by atoms with E-state index in [0.29, 0.717) is 5.56 Å². The molecule has 0 bridgehead atoms. The Labute approximate surface area is 223 Å². The smallest absolute Gasteiger partial charge is 0.317 e. The molecule has 4 rings (SSSR count). The Morgan fingerprint density at radius 2 is 1.34 bits per heavy atom. The van der Waals surface area contributed by atoms with Gasteiger partial charge in [-0.2, -0.15) is 0 Å². The Balaban J connectivity index is 1.68. The molecule has 0 heterocycles. The second kappa shape index (κ2) is 11.6. The van der Waals surface area contributed by atoms with Gasteiger partial charge in [-0.1, -0.05) is 72.8 Å². The maximum absolute atomic E-state index is 13.5. The second-order valence-electron chi connectivity index (χ2n) is 10.2. The first-order valence-electron chi connectivity index (χ1n) is 12.6. The molecular formula is C31H33NO6. The molecule has 7 nitrogen and oxygen atoms in total. The summed E-state index contributed by atoms with van der Waals surface area (Å²) in [5.74, 6) is -5.26. The van der Waals surface area contributed by atoms with Crippen LogP contribution in [0.2, 0.25) is 0 Å². The van der Waals surface area contributed by atoms with Gasteiger partial charge in [0.05, 0.1) is 11.5 Å². The Morgan fingerprint density at radius 1 is 0.842 bits per heavy atom. The Kier molecular flexibility index (Phi) is 8.27. The molecule has 1 saturated carbocycles. The zero-order chi connectivity index (χ0) is 27.3. The van der Waals surface area contributed by atoms with Crippen molar-refractivity contribution >= 4 is 23.4 Å². The van der Waals surface area contributed by atoms with Crippen LogP contribution in [-0.4, -0.2) is 42.5 Å². The number of benzene rings is 3. The molecule has 0 radical (unpaired) electrons. The van der Waals surface area contributed by atoms with Gasteiger partial charge in [-0.25, -0.2) is 0 Å². The first kappa shape index (κ1) is 27.1. The van der Waals surface area contributed by atoms with Crippen LogP contribution in [0.3, 0.4) is 0 Å². The summed E-state index contributed by atoms with van der Waals surface area (Å²) in [6.45, 7) is 1.46. The predicted molar refractivity (Wildman–Crippen MR) is 143 cm³/mol. The van der Waals surface area contributed by atoms with Crippen LogP contribution in [-0.2, 0) is 37.1 Å². The lowest BCUT2D eigenvalue weighted by atomic mass is 9.61. The highest BCUT2D eigenvalue weighted by molar-refractivity contribution is 6.02. The number of ether oxygens (including phenoxy) is 2. The molecule has 1 fully saturated rings. The van der Waals surface area contributed by atoms with Crippen LogP contribution < -0.4 is 4.90 Å². The maximum Gasteiger partial charge on any atom is 0.317 e. The van der Waals surface area contributed by atoms with E-state index in [0.717, 1.165) is 16.8 Å². The van der Waals surface area contributed by atoms with Gasteiger partial charge in [-0.3, -0.25) is 14.4 Å². The number of anilines is 1. The fourth-order valence-corrected chi connectivity index (χ4v) is 5.05. The molecule has 0 aromatic heterocycles. The van der Waals surface area contributed by atoms with Crippen LogP contribution in [0, 0.1) is 11.8 Å². The lowest BCUT2D eigenvalue weighted by molar-refractivity contribution is -0.174. The van der Waals surface area contributed by atoms with Crippen molar-refractivity contribution in [3.8, 4) is 0 Å². The summed E-state index contributed by atoms with van der Waals surface area (Å²) in [5.41, 5.74) is 1.34. The van der Waals surface area contributed by atoms with Crippen molar-refractivity contribution in [1.82, 2.24) is 0 Å². The minimum atomic E-state index is -1.72. The molecule has 1 aliphatic rings.